The Bertz CT molecular complexity index is 1090. The minimum atomic E-state index is -1.18. The molecule has 24 heavy (non-hydrogen) atoms. The molecule has 1 N–H and O–H groups in total. The Balaban J connectivity index is 1.81. The van der Waals surface area contributed by atoms with Gasteiger partial charge in [0.05, 0.1) is 26.9 Å². The van der Waals surface area contributed by atoms with Crippen molar-refractivity contribution in [2.24, 2.45) is 0 Å². The summed E-state index contributed by atoms with van der Waals surface area (Å²) in [6, 6.07) is 17.4. The highest BCUT2D eigenvalue weighted by atomic mass is 35.5. The van der Waals surface area contributed by atoms with E-state index in [0.717, 1.165) is 22.0 Å². The van der Waals surface area contributed by atoms with Crippen molar-refractivity contribution in [1.82, 2.24) is 9.97 Å². The molecule has 4 rings (SSSR count). The molecule has 1 aromatic heterocycles. The molecule has 3 aromatic carbocycles. The van der Waals surface area contributed by atoms with Gasteiger partial charge in [-0.1, -0.05) is 48.0 Å². The number of H-pyrrole nitrogens is 1. The third-order valence-corrected chi connectivity index (χ3v) is 4.79. The van der Waals surface area contributed by atoms with Crippen molar-refractivity contribution < 1.29 is 8.95 Å². The molecular formula is C18H13ClN2O2S. The highest BCUT2D eigenvalue weighted by Gasteiger charge is 2.12. The summed E-state index contributed by atoms with van der Waals surface area (Å²) in [6.45, 7) is 0. The molecule has 0 bridgehead atoms. The van der Waals surface area contributed by atoms with Crippen LogP contribution in [0, 0.1) is 0 Å². The van der Waals surface area contributed by atoms with Crippen LogP contribution in [0.4, 0.5) is 0 Å². The van der Waals surface area contributed by atoms with E-state index in [0.29, 0.717) is 21.4 Å². The van der Waals surface area contributed by atoms with E-state index in [1.807, 2.05) is 42.5 Å². The molecule has 1 atom stereocenters. The lowest BCUT2D eigenvalue weighted by atomic mass is 10.1. The lowest BCUT2D eigenvalue weighted by molar-refractivity contribution is 0.489. The van der Waals surface area contributed by atoms with Crippen molar-refractivity contribution in [3.8, 4) is 11.5 Å². The lowest BCUT2D eigenvalue weighted by Gasteiger charge is -2.10. The van der Waals surface area contributed by atoms with Crippen molar-refractivity contribution in [2.75, 3.05) is 6.26 Å². The second-order valence-corrected chi connectivity index (χ2v) is 7.08. The summed E-state index contributed by atoms with van der Waals surface area (Å²) in [5.74, 6) is 1.24. The molecule has 0 amide bonds. The summed E-state index contributed by atoms with van der Waals surface area (Å²) in [5.41, 5.74) is 1.40. The number of ether oxygens (including phenoxy) is 1. The lowest BCUT2D eigenvalue weighted by Crippen LogP contribution is -1.88. The van der Waals surface area contributed by atoms with Crippen molar-refractivity contribution in [3.63, 3.8) is 0 Å². The van der Waals surface area contributed by atoms with Crippen LogP contribution < -0.4 is 4.74 Å². The first-order chi connectivity index (χ1) is 11.6. The predicted octanol–water partition coefficient (Wildman–Crippen LogP) is 4.90. The fraction of sp³-hybridized carbons (Fsp3) is 0.0556. The van der Waals surface area contributed by atoms with Gasteiger partial charge >= 0.3 is 0 Å². The summed E-state index contributed by atoms with van der Waals surface area (Å²) in [4.78, 5) is 7.33. The number of halogens is 1. The monoisotopic (exact) mass is 356 g/mol. The van der Waals surface area contributed by atoms with Crippen LogP contribution in [-0.2, 0) is 10.8 Å². The maximum Gasteiger partial charge on any atom is 0.197 e. The number of hydrogen-bond donors (Lipinski definition) is 1. The zero-order valence-corrected chi connectivity index (χ0v) is 14.3. The van der Waals surface area contributed by atoms with E-state index in [4.69, 9.17) is 16.3 Å². The Hall–Kier alpha value is -2.37. The summed E-state index contributed by atoms with van der Waals surface area (Å²) < 4.78 is 17.6. The predicted molar refractivity (Wildman–Crippen MR) is 97.5 cm³/mol. The zero-order valence-electron chi connectivity index (χ0n) is 12.7. The van der Waals surface area contributed by atoms with E-state index in [1.54, 1.807) is 18.4 Å². The van der Waals surface area contributed by atoms with Gasteiger partial charge in [-0.15, -0.1) is 0 Å². The highest BCUT2D eigenvalue weighted by Crippen LogP contribution is 2.35. The van der Waals surface area contributed by atoms with Gasteiger partial charge in [-0.2, -0.15) is 0 Å². The van der Waals surface area contributed by atoms with Gasteiger partial charge in [-0.25, -0.2) is 4.98 Å². The first kappa shape index (κ1) is 15.2. The Labute approximate surface area is 145 Å². The van der Waals surface area contributed by atoms with E-state index in [1.165, 1.54) is 0 Å². The van der Waals surface area contributed by atoms with Gasteiger partial charge in [0.25, 0.3) is 0 Å². The van der Waals surface area contributed by atoms with Crippen LogP contribution in [0.15, 0.2) is 59.8 Å². The van der Waals surface area contributed by atoms with Crippen LogP contribution in [0.2, 0.25) is 5.02 Å². The van der Waals surface area contributed by atoms with Crippen molar-refractivity contribution in [2.45, 2.75) is 5.16 Å². The molecule has 0 saturated carbocycles. The number of nitrogens with zero attached hydrogens (tertiary/aromatic N) is 1. The van der Waals surface area contributed by atoms with Gasteiger partial charge in [0.1, 0.15) is 11.5 Å². The number of aromatic amines is 1. The van der Waals surface area contributed by atoms with Crippen molar-refractivity contribution in [1.29, 1.82) is 0 Å². The van der Waals surface area contributed by atoms with Crippen LogP contribution >= 0.6 is 11.6 Å². The third kappa shape index (κ3) is 2.66. The topological polar surface area (TPSA) is 55.0 Å². The molecule has 6 heteroatoms. The fourth-order valence-corrected chi connectivity index (χ4v) is 3.29. The molecule has 4 aromatic rings. The summed E-state index contributed by atoms with van der Waals surface area (Å²) in [7, 11) is -1.18. The molecule has 1 heterocycles. The molecule has 4 nitrogen and oxygen atoms in total. The third-order valence-electron chi connectivity index (χ3n) is 3.76. The van der Waals surface area contributed by atoms with E-state index < -0.39 is 10.8 Å². The Morgan fingerprint density at radius 1 is 1.08 bits per heavy atom. The quantitative estimate of drug-likeness (QED) is 0.568. The number of imidazole rings is 1. The van der Waals surface area contributed by atoms with Gasteiger partial charge in [-0.05, 0) is 17.5 Å². The standard InChI is InChI=1S/C18H13ClN2O2S/c1-24(22)18-20-14-9-13(19)17(10-15(14)21-18)23-16-8-4-6-11-5-2-3-7-12(11)16/h2-10H,1H3,(H,20,21). The van der Waals surface area contributed by atoms with Crippen molar-refractivity contribution in [3.05, 3.63) is 59.6 Å². The Morgan fingerprint density at radius 2 is 1.88 bits per heavy atom. The number of rotatable bonds is 3. The van der Waals surface area contributed by atoms with Crippen LogP contribution in [0.5, 0.6) is 11.5 Å². The summed E-state index contributed by atoms with van der Waals surface area (Å²) in [5, 5.41) is 2.99. The molecule has 0 radical (unpaired) electrons. The maximum atomic E-state index is 11.6. The molecule has 120 valence electrons. The van der Waals surface area contributed by atoms with Gasteiger partial charge in [-0.3, -0.25) is 4.21 Å². The molecule has 0 saturated heterocycles. The second-order valence-electron chi connectivity index (χ2n) is 5.38. The van der Waals surface area contributed by atoms with Crippen LogP contribution in [0.25, 0.3) is 21.8 Å². The minimum absolute atomic E-state index is 0.420. The summed E-state index contributed by atoms with van der Waals surface area (Å²) in [6.07, 6.45) is 1.58. The van der Waals surface area contributed by atoms with Crippen LogP contribution in [-0.4, -0.2) is 20.4 Å². The number of aromatic nitrogens is 2. The molecular weight excluding hydrogens is 344 g/mol. The second kappa shape index (κ2) is 5.92. The summed E-state index contributed by atoms with van der Waals surface area (Å²) >= 11 is 6.34. The van der Waals surface area contributed by atoms with Gasteiger partial charge < -0.3 is 9.72 Å². The number of hydrogen-bond acceptors (Lipinski definition) is 3. The fourth-order valence-electron chi connectivity index (χ4n) is 2.61. The minimum Gasteiger partial charge on any atom is -0.455 e. The van der Waals surface area contributed by atoms with Crippen molar-refractivity contribution >= 4 is 44.2 Å². The van der Waals surface area contributed by atoms with E-state index in [9.17, 15) is 4.21 Å². The molecule has 0 aliphatic carbocycles. The smallest absolute Gasteiger partial charge is 0.197 e. The van der Waals surface area contributed by atoms with Gasteiger partial charge in [0.2, 0.25) is 0 Å². The zero-order chi connectivity index (χ0) is 16.7. The molecule has 0 fully saturated rings. The number of benzene rings is 3. The molecule has 0 aliphatic rings. The average Bonchev–Trinajstić information content (AvgIpc) is 2.98. The van der Waals surface area contributed by atoms with Gasteiger partial charge in [0, 0.05) is 17.7 Å². The molecule has 0 spiro atoms. The van der Waals surface area contributed by atoms with E-state index >= 15 is 0 Å². The van der Waals surface area contributed by atoms with Gasteiger partial charge in [0.15, 0.2) is 5.16 Å². The molecule has 0 aliphatic heterocycles. The van der Waals surface area contributed by atoms with E-state index in [2.05, 4.69) is 9.97 Å². The first-order valence-electron chi connectivity index (χ1n) is 7.30. The normalized spacial score (nSPS) is 12.6. The SMILES string of the molecule is CS(=O)c1nc2cc(Oc3cccc4ccccc34)c(Cl)cc2[nH]1. The van der Waals surface area contributed by atoms with Crippen LogP contribution in [0.3, 0.4) is 0 Å². The average molecular weight is 357 g/mol. The number of nitrogens with one attached hydrogen (secondary N) is 1. The largest absolute Gasteiger partial charge is 0.455 e. The Kier molecular flexibility index (Phi) is 3.75. The first-order valence-corrected chi connectivity index (χ1v) is 9.24. The highest BCUT2D eigenvalue weighted by molar-refractivity contribution is 7.84. The maximum absolute atomic E-state index is 11.6. The van der Waals surface area contributed by atoms with E-state index in [-0.39, 0.29) is 0 Å². The van der Waals surface area contributed by atoms with Crippen LogP contribution in [0.1, 0.15) is 0 Å². The number of fused-ring (bicyclic) bond motifs is 2. The molecule has 1 unspecified atom stereocenters. The Morgan fingerprint density at radius 3 is 2.71 bits per heavy atom.